The van der Waals surface area contributed by atoms with Crippen LogP contribution in [0.5, 0.6) is 0 Å². The van der Waals surface area contributed by atoms with Gasteiger partial charge in [-0.3, -0.25) is 4.79 Å². The highest BCUT2D eigenvalue weighted by Gasteiger charge is 2.16. The summed E-state index contributed by atoms with van der Waals surface area (Å²) in [4.78, 5) is 18.9. The first-order valence-electron chi connectivity index (χ1n) is 7.71. The van der Waals surface area contributed by atoms with E-state index in [4.69, 9.17) is 0 Å². The number of amides is 1. The minimum absolute atomic E-state index is 0.00933. The third kappa shape index (κ3) is 4.70. The number of carbonyl (C=O) groups is 1. The van der Waals surface area contributed by atoms with E-state index in [-0.39, 0.29) is 5.91 Å². The van der Waals surface area contributed by atoms with Gasteiger partial charge in [0.1, 0.15) is 5.82 Å². The molecule has 0 atom stereocenters. The topological polar surface area (TPSA) is 57.3 Å². The number of likely N-dealkylation sites (tertiary alicyclic amines) is 1. The summed E-state index contributed by atoms with van der Waals surface area (Å²) in [5, 5.41) is 6.01. The van der Waals surface area contributed by atoms with Crippen molar-refractivity contribution in [1.82, 2.24) is 15.2 Å². The van der Waals surface area contributed by atoms with E-state index in [1.54, 1.807) is 6.07 Å². The molecule has 21 heavy (non-hydrogen) atoms. The molecule has 0 spiro atoms. The molecule has 1 aromatic heterocycles. The van der Waals surface area contributed by atoms with Gasteiger partial charge in [-0.25, -0.2) is 4.98 Å². The molecule has 1 aromatic rings. The van der Waals surface area contributed by atoms with Gasteiger partial charge in [-0.15, -0.1) is 0 Å². The number of pyridine rings is 1. The molecular formula is C16H26N4O. The van der Waals surface area contributed by atoms with Gasteiger partial charge in [0.25, 0.3) is 5.91 Å². The minimum Gasteiger partial charge on any atom is -0.373 e. The van der Waals surface area contributed by atoms with E-state index in [1.165, 1.54) is 25.9 Å². The van der Waals surface area contributed by atoms with Crippen LogP contribution in [0.15, 0.2) is 12.1 Å². The number of nitrogens with one attached hydrogen (secondary N) is 2. The monoisotopic (exact) mass is 290 g/mol. The van der Waals surface area contributed by atoms with Gasteiger partial charge in [0.2, 0.25) is 0 Å². The Morgan fingerprint density at radius 2 is 2.10 bits per heavy atom. The van der Waals surface area contributed by atoms with Crippen molar-refractivity contribution in [2.45, 2.75) is 26.2 Å². The first kappa shape index (κ1) is 15.8. The molecule has 0 aliphatic carbocycles. The van der Waals surface area contributed by atoms with Crippen molar-refractivity contribution in [2.24, 2.45) is 5.92 Å². The maximum Gasteiger partial charge on any atom is 0.251 e. The number of rotatable bonds is 5. The van der Waals surface area contributed by atoms with Gasteiger partial charge in [-0.05, 0) is 64.4 Å². The van der Waals surface area contributed by atoms with Crippen LogP contribution in [-0.2, 0) is 0 Å². The molecule has 0 saturated carbocycles. The molecule has 1 fully saturated rings. The van der Waals surface area contributed by atoms with E-state index in [9.17, 15) is 4.79 Å². The Kier molecular flexibility index (Phi) is 5.56. The number of piperidine rings is 1. The molecule has 1 amide bonds. The molecule has 5 nitrogen and oxygen atoms in total. The van der Waals surface area contributed by atoms with Gasteiger partial charge in [0.15, 0.2) is 0 Å². The van der Waals surface area contributed by atoms with Crippen molar-refractivity contribution in [3.8, 4) is 0 Å². The molecule has 2 heterocycles. The van der Waals surface area contributed by atoms with Crippen molar-refractivity contribution < 1.29 is 4.79 Å². The summed E-state index contributed by atoms with van der Waals surface area (Å²) in [6.07, 6.45) is 3.55. The lowest BCUT2D eigenvalue weighted by atomic mass is 9.94. The molecule has 116 valence electrons. The lowest BCUT2D eigenvalue weighted by Crippen LogP contribution is -2.32. The molecule has 1 aliphatic heterocycles. The van der Waals surface area contributed by atoms with Crippen molar-refractivity contribution in [2.75, 3.05) is 39.0 Å². The fourth-order valence-electron chi connectivity index (χ4n) is 2.77. The highest BCUT2D eigenvalue weighted by molar-refractivity contribution is 5.94. The summed E-state index contributed by atoms with van der Waals surface area (Å²) in [6, 6.07) is 3.61. The standard InChI is InChI=1S/C16H26N4O/c1-12-10-14(11-15(17-2)19-12)16(21)18-7-4-13-5-8-20(3)9-6-13/h10-11,13H,4-9H2,1-3H3,(H,17,19)(H,18,21). The van der Waals surface area contributed by atoms with Gasteiger partial charge in [0, 0.05) is 24.8 Å². The molecule has 1 aliphatic rings. The molecule has 0 aromatic carbocycles. The van der Waals surface area contributed by atoms with Gasteiger partial charge < -0.3 is 15.5 Å². The van der Waals surface area contributed by atoms with E-state index in [0.29, 0.717) is 5.56 Å². The van der Waals surface area contributed by atoms with Crippen LogP contribution in [0.4, 0.5) is 5.82 Å². The average Bonchev–Trinajstić information content (AvgIpc) is 2.48. The van der Waals surface area contributed by atoms with Gasteiger partial charge in [-0.1, -0.05) is 0 Å². The third-order valence-electron chi connectivity index (χ3n) is 4.15. The largest absolute Gasteiger partial charge is 0.373 e. The van der Waals surface area contributed by atoms with Crippen LogP contribution in [0.3, 0.4) is 0 Å². The number of hydrogen-bond donors (Lipinski definition) is 2. The van der Waals surface area contributed by atoms with Crippen molar-refractivity contribution in [1.29, 1.82) is 0 Å². The first-order chi connectivity index (χ1) is 10.1. The first-order valence-corrected chi connectivity index (χ1v) is 7.71. The third-order valence-corrected chi connectivity index (χ3v) is 4.15. The Bertz CT molecular complexity index is 481. The van der Waals surface area contributed by atoms with Crippen LogP contribution in [0, 0.1) is 12.8 Å². The number of aryl methyl sites for hydroxylation is 1. The minimum atomic E-state index is -0.00933. The van der Waals surface area contributed by atoms with Crippen molar-refractivity contribution in [3.63, 3.8) is 0 Å². The second-order valence-corrected chi connectivity index (χ2v) is 5.92. The SMILES string of the molecule is CNc1cc(C(=O)NCCC2CCN(C)CC2)cc(C)n1. The highest BCUT2D eigenvalue weighted by Crippen LogP contribution is 2.18. The highest BCUT2D eigenvalue weighted by atomic mass is 16.1. The predicted molar refractivity (Wildman–Crippen MR) is 85.7 cm³/mol. The van der Waals surface area contributed by atoms with Crippen LogP contribution in [0.1, 0.15) is 35.3 Å². The molecule has 1 saturated heterocycles. The smallest absolute Gasteiger partial charge is 0.251 e. The summed E-state index contributed by atoms with van der Waals surface area (Å²) in [5.41, 5.74) is 1.53. The van der Waals surface area contributed by atoms with E-state index in [1.807, 2.05) is 20.0 Å². The Morgan fingerprint density at radius 3 is 2.76 bits per heavy atom. The van der Waals surface area contributed by atoms with Gasteiger partial charge in [0.05, 0.1) is 0 Å². The van der Waals surface area contributed by atoms with Crippen LogP contribution in [-0.4, -0.2) is 49.5 Å². The Labute approximate surface area is 127 Å². The molecule has 2 rings (SSSR count). The number of hydrogen-bond acceptors (Lipinski definition) is 4. The molecule has 5 heteroatoms. The molecular weight excluding hydrogens is 264 g/mol. The van der Waals surface area contributed by atoms with Crippen LogP contribution in [0.2, 0.25) is 0 Å². The van der Waals surface area contributed by atoms with Crippen molar-refractivity contribution in [3.05, 3.63) is 23.4 Å². The normalized spacial score (nSPS) is 16.7. The Balaban J connectivity index is 1.80. The van der Waals surface area contributed by atoms with Crippen LogP contribution < -0.4 is 10.6 Å². The fraction of sp³-hybridized carbons (Fsp3) is 0.625. The van der Waals surface area contributed by atoms with Crippen LogP contribution >= 0.6 is 0 Å². The maximum atomic E-state index is 12.2. The molecule has 0 radical (unpaired) electrons. The quantitative estimate of drug-likeness (QED) is 0.869. The lowest BCUT2D eigenvalue weighted by molar-refractivity contribution is 0.0948. The maximum absolute atomic E-state index is 12.2. The molecule has 2 N–H and O–H groups in total. The second-order valence-electron chi connectivity index (χ2n) is 5.92. The fourth-order valence-corrected chi connectivity index (χ4v) is 2.77. The summed E-state index contributed by atoms with van der Waals surface area (Å²) < 4.78 is 0. The van der Waals surface area contributed by atoms with E-state index >= 15 is 0 Å². The lowest BCUT2D eigenvalue weighted by Gasteiger charge is -2.28. The number of anilines is 1. The zero-order chi connectivity index (χ0) is 15.2. The van der Waals surface area contributed by atoms with Crippen molar-refractivity contribution >= 4 is 11.7 Å². The second kappa shape index (κ2) is 7.41. The Hall–Kier alpha value is -1.62. The van der Waals surface area contributed by atoms with E-state index in [0.717, 1.165) is 30.4 Å². The zero-order valence-electron chi connectivity index (χ0n) is 13.3. The molecule has 0 bridgehead atoms. The van der Waals surface area contributed by atoms with E-state index < -0.39 is 0 Å². The van der Waals surface area contributed by atoms with Crippen LogP contribution in [0.25, 0.3) is 0 Å². The summed E-state index contributed by atoms with van der Waals surface area (Å²) in [7, 11) is 3.98. The van der Waals surface area contributed by atoms with Gasteiger partial charge >= 0.3 is 0 Å². The average molecular weight is 290 g/mol. The summed E-state index contributed by atoms with van der Waals surface area (Å²) in [5.74, 6) is 1.47. The number of nitrogens with zero attached hydrogens (tertiary/aromatic N) is 2. The Morgan fingerprint density at radius 1 is 1.38 bits per heavy atom. The predicted octanol–water partition coefficient (Wildman–Crippen LogP) is 1.89. The summed E-state index contributed by atoms with van der Waals surface area (Å²) >= 11 is 0. The van der Waals surface area contributed by atoms with Gasteiger partial charge in [-0.2, -0.15) is 0 Å². The van der Waals surface area contributed by atoms with E-state index in [2.05, 4.69) is 27.6 Å². The molecule has 0 unspecified atom stereocenters. The zero-order valence-corrected chi connectivity index (χ0v) is 13.3. The summed E-state index contributed by atoms with van der Waals surface area (Å²) in [6.45, 7) is 5.00. The number of aromatic nitrogens is 1. The number of carbonyl (C=O) groups excluding carboxylic acids is 1.